The maximum absolute atomic E-state index is 10.5. The van der Waals surface area contributed by atoms with E-state index in [0.717, 1.165) is 0 Å². The molecule has 0 aromatic rings. The van der Waals surface area contributed by atoms with Crippen LogP contribution in [0.15, 0.2) is 0 Å². The molecule has 0 aromatic carbocycles. The van der Waals surface area contributed by atoms with Gasteiger partial charge in [0, 0.05) is 9.53 Å². The molecule has 1 nitrogen and oxygen atoms in total. The van der Waals surface area contributed by atoms with Crippen LogP contribution in [0.4, 0.5) is 0 Å². The van der Waals surface area contributed by atoms with Gasteiger partial charge in [0.2, 0.25) is 5.24 Å². The van der Waals surface area contributed by atoms with Crippen LogP contribution in [-0.4, -0.2) is 5.24 Å². The number of hydrogen-bond acceptors (Lipinski definition) is 1. The highest BCUT2D eigenvalue weighted by molar-refractivity contribution is 6.64. The van der Waals surface area contributed by atoms with Gasteiger partial charge in [0.15, 0.2) is 0 Å². The van der Waals surface area contributed by atoms with Crippen molar-refractivity contribution in [1.29, 1.82) is 0 Å². The van der Waals surface area contributed by atoms with Gasteiger partial charge < -0.3 is 0 Å². The average Bonchev–Trinajstić information content (AvgIpc) is 1.62. The predicted molar refractivity (Wildman–Crippen MR) is 30.3 cm³/mol. The summed E-state index contributed by atoms with van der Waals surface area (Å²) in [6.07, 6.45) is 0. The number of carbonyl (C=O) groups excluding carboxylic acids is 1. The Balaban J connectivity index is 4.57. The van der Waals surface area contributed by atoms with Gasteiger partial charge in [-0.3, -0.25) is 4.79 Å². The van der Waals surface area contributed by atoms with E-state index < -0.39 is 17.5 Å². The Bertz CT molecular complexity index is 149. The van der Waals surface area contributed by atoms with Gasteiger partial charge in [-0.1, -0.05) is 20.7 Å². The molecular weight excluding hydrogens is 112 g/mol. The average molecular weight is 124 g/mol. The van der Waals surface area contributed by atoms with Crippen molar-refractivity contribution in [3.05, 3.63) is 0 Å². The molecule has 0 saturated heterocycles. The van der Waals surface area contributed by atoms with Crippen molar-refractivity contribution >= 4 is 16.8 Å². The molecule has 0 N–H and O–H groups in total. The lowest BCUT2D eigenvalue weighted by atomic mass is 10.00. The van der Waals surface area contributed by atoms with Gasteiger partial charge in [-0.25, -0.2) is 0 Å². The number of halogens is 1. The highest BCUT2D eigenvalue weighted by Crippen LogP contribution is 2.15. The van der Waals surface area contributed by atoms with E-state index >= 15 is 0 Å². The first-order valence-corrected chi connectivity index (χ1v) is 2.27. The van der Waals surface area contributed by atoms with Gasteiger partial charge in [0.1, 0.15) is 0 Å². The van der Waals surface area contributed by atoms with Crippen molar-refractivity contribution in [3.63, 3.8) is 0 Å². The summed E-state index contributed by atoms with van der Waals surface area (Å²) in [6, 6.07) is 0. The van der Waals surface area contributed by atoms with E-state index in [-0.39, 0.29) is 0 Å². The Morgan fingerprint density at radius 1 is 1.86 bits per heavy atom. The smallest absolute Gasteiger partial charge is 0.226 e. The molecule has 0 saturated carbocycles. The summed E-state index contributed by atoms with van der Waals surface area (Å²) in [5.41, 5.74) is -1.44. The molecule has 0 aromatic heterocycles. The van der Waals surface area contributed by atoms with Crippen LogP contribution in [-0.2, 0) is 4.79 Å². The second kappa shape index (κ2) is 1.83. The minimum absolute atomic E-state index is 0.826. The van der Waals surface area contributed by atoms with E-state index in [4.69, 9.17) is 15.7 Å². The van der Waals surface area contributed by atoms with E-state index in [1.165, 1.54) is 13.8 Å². The van der Waals surface area contributed by atoms with Crippen LogP contribution >= 0.6 is 11.6 Å². The van der Waals surface area contributed by atoms with Crippen molar-refractivity contribution < 1.29 is 8.91 Å². The van der Waals surface area contributed by atoms with Crippen molar-refractivity contribution in [1.82, 2.24) is 0 Å². The van der Waals surface area contributed by atoms with Crippen LogP contribution < -0.4 is 0 Å². The van der Waals surface area contributed by atoms with Gasteiger partial charge in [-0.15, -0.1) is 0 Å². The molecule has 0 heterocycles. The Morgan fingerprint density at radius 3 is 2.29 bits per heavy atom. The molecule has 0 rings (SSSR count). The monoisotopic (exact) mass is 123 g/mol. The Morgan fingerprint density at radius 2 is 2.29 bits per heavy atom. The van der Waals surface area contributed by atoms with Crippen molar-refractivity contribution in [3.8, 4) is 0 Å². The lowest BCUT2D eigenvalue weighted by Crippen LogP contribution is -2.13. The van der Waals surface area contributed by atoms with Crippen LogP contribution in [0.5, 0.6) is 0 Å². The van der Waals surface area contributed by atoms with Gasteiger partial charge in [-0.2, -0.15) is 0 Å². The van der Waals surface area contributed by atoms with Crippen LogP contribution in [0.25, 0.3) is 0 Å². The largest absolute Gasteiger partial charge is 0.281 e. The van der Waals surface area contributed by atoms with E-state index in [0.29, 0.717) is 0 Å². The second-order valence-corrected chi connectivity index (χ2v) is 2.24. The summed E-state index contributed by atoms with van der Waals surface area (Å²) in [5, 5.41) is -0.826. The lowest BCUT2D eigenvalue weighted by molar-refractivity contribution is -0.118. The van der Waals surface area contributed by atoms with Crippen LogP contribution in [0, 0.1) is 5.41 Å². The molecular formula is C5H9ClO. The fourth-order valence-electron chi connectivity index (χ4n) is 0. The summed E-state index contributed by atoms with van der Waals surface area (Å²) in [6.45, 7) is 0.288. The van der Waals surface area contributed by atoms with Crippen LogP contribution in [0.2, 0.25) is 0 Å². The molecule has 0 atom stereocenters. The molecule has 0 unspecified atom stereocenters. The zero-order valence-corrected chi connectivity index (χ0v) is 5.04. The summed E-state index contributed by atoms with van der Waals surface area (Å²) in [7, 11) is 0. The highest BCUT2D eigenvalue weighted by Gasteiger charge is 2.17. The molecule has 0 spiro atoms. The second-order valence-electron chi connectivity index (χ2n) is 1.90. The van der Waals surface area contributed by atoms with E-state index in [2.05, 4.69) is 0 Å². The van der Waals surface area contributed by atoms with Crippen LogP contribution in [0.3, 0.4) is 0 Å². The molecule has 0 aliphatic carbocycles. The Hall–Kier alpha value is -0.0400. The third kappa shape index (κ3) is 2.63. The Kier molecular flexibility index (Phi) is 0.803. The molecule has 0 aliphatic rings. The molecule has 42 valence electrons. The van der Waals surface area contributed by atoms with E-state index in [9.17, 15) is 4.79 Å². The quantitative estimate of drug-likeness (QED) is 0.449. The van der Waals surface area contributed by atoms with E-state index in [1.807, 2.05) is 0 Å². The maximum Gasteiger partial charge on any atom is 0.226 e. The lowest BCUT2D eigenvalue weighted by Gasteiger charge is -2.08. The summed E-state index contributed by atoms with van der Waals surface area (Å²) in [5.74, 6) is 0. The Labute approximate surface area is 52.9 Å². The highest BCUT2D eigenvalue weighted by atomic mass is 35.5. The SMILES string of the molecule is [2H]C([2H])([2H])C(C)(C)C(=O)Cl. The minimum atomic E-state index is -2.31. The molecule has 2 heteroatoms. The zero-order chi connectivity index (χ0) is 8.58. The van der Waals surface area contributed by atoms with E-state index in [1.54, 1.807) is 0 Å². The number of rotatable bonds is 0. The normalized spacial score (nSPS) is 19.6. The third-order valence-electron chi connectivity index (χ3n) is 0.491. The van der Waals surface area contributed by atoms with Crippen LogP contribution in [0.1, 0.15) is 24.8 Å². The van der Waals surface area contributed by atoms with Gasteiger partial charge in [-0.05, 0) is 11.6 Å². The molecule has 0 fully saturated rings. The predicted octanol–water partition coefficient (Wildman–Crippen LogP) is 1.80. The minimum Gasteiger partial charge on any atom is -0.281 e. The fourth-order valence-corrected chi connectivity index (χ4v) is 0. The third-order valence-corrected chi connectivity index (χ3v) is 0.964. The molecule has 7 heavy (non-hydrogen) atoms. The van der Waals surface area contributed by atoms with Gasteiger partial charge in [0.25, 0.3) is 0 Å². The summed E-state index contributed by atoms with van der Waals surface area (Å²) < 4.78 is 20.7. The topological polar surface area (TPSA) is 17.1 Å². The summed E-state index contributed by atoms with van der Waals surface area (Å²) >= 11 is 5.06. The molecule has 0 radical (unpaired) electrons. The first-order chi connectivity index (χ1) is 4.19. The van der Waals surface area contributed by atoms with Crippen molar-refractivity contribution in [2.45, 2.75) is 20.7 Å². The first-order valence-electron chi connectivity index (χ1n) is 3.39. The van der Waals surface area contributed by atoms with Gasteiger partial charge in [0.05, 0.1) is 0 Å². The fraction of sp³-hybridized carbons (Fsp3) is 0.800. The first kappa shape index (κ1) is 3.08. The number of carbonyl (C=O) groups is 1. The standard InChI is InChI=1S/C5H9ClO/c1-5(2,3)4(6)7/h1-3H3/i1D3. The molecule has 0 bridgehead atoms. The maximum atomic E-state index is 10.5. The van der Waals surface area contributed by atoms with Gasteiger partial charge >= 0.3 is 0 Å². The molecule has 0 amide bonds. The summed E-state index contributed by atoms with van der Waals surface area (Å²) in [4.78, 5) is 10.5. The number of hydrogen-bond donors (Lipinski definition) is 0. The van der Waals surface area contributed by atoms with Crippen molar-refractivity contribution in [2.75, 3.05) is 0 Å². The van der Waals surface area contributed by atoms with Crippen molar-refractivity contribution in [2.24, 2.45) is 5.41 Å². The molecule has 0 aliphatic heterocycles. The zero-order valence-electron chi connectivity index (χ0n) is 7.29.